The van der Waals surface area contributed by atoms with Crippen LogP contribution in [0, 0.1) is 0 Å². The Morgan fingerprint density at radius 3 is 2.34 bits per heavy atom. The second-order valence-corrected chi connectivity index (χ2v) is 10.9. The summed E-state index contributed by atoms with van der Waals surface area (Å²) in [7, 11) is 1.45. The molecule has 3 aromatic carbocycles. The molecular formula is C33H29ClN2O7S. The zero-order valence-corrected chi connectivity index (χ0v) is 25.8. The van der Waals surface area contributed by atoms with E-state index >= 15 is 0 Å². The Bertz CT molecular complexity index is 1900. The van der Waals surface area contributed by atoms with Crippen LogP contribution in [0.5, 0.6) is 11.5 Å². The lowest BCUT2D eigenvalue weighted by molar-refractivity contribution is -0.145. The van der Waals surface area contributed by atoms with Gasteiger partial charge in [-0.05, 0) is 43.2 Å². The molecular weight excluding hydrogens is 604 g/mol. The van der Waals surface area contributed by atoms with Crippen molar-refractivity contribution in [2.24, 2.45) is 4.99 Å². The Labute approximate surface area is 262 Å². The number of nitrogens with zero attached hydrogens (tertiary/aromatic N) is 2. The summed E-state index contributed by atoms with van der Waals surface area (Å²) in [5.74, 6) is -0.635. The number of fused-ring (bicyclic) bond motifs is 1. The van der Waals surface area contributed by atoms with Crippen LogP contribution in [0.15, 0.2) is 88.2 Å². The number of esters is 2. The quantitative estimate of drug-likeness (QED) is 0.236. The van der Waals surface area contributed by atoms with Crippen molar-refractivity contribution in [3.8, 4) is 11.5 Å². The molecule has 9 nitrogen and oxygen atoms in total. The van der Waals surface area contributed by atoms with Crippen LogP contribution in [0.2, 0.25) is 5.02 Å². The molecule has 0 unspecified atom stereocenters. The van der Waals surface area contributed by atoms with Gasteiger partial charge >= 0.3 is 11.9 Å². The van der Waals surface area contributed by atoms with Gasteiger partial charge in [-0.1, -0.05) is 83.6 Å². The molecule has 4 aromatic rings. The number of thiazole rings is 1. The van der Waals surface area contributed by atoms with E-state index in [9.17, 15) is 14.4 Å². The summed E-state index contributed by atoms with van der Waals surface area (Å²) in [5, 5.41) is 0.186. The molecule has 44 heavy (non-hydrogen) atoms. The molecule has 0 aliphatic carbocycles. The molecule has 1 atom stereocenters. The molecule has 1 aliphatic rings. The van der Waals surface area contributed by atoms with E-state index in [1.807, 2.05) is 60.7 Å². The first kappa shape index (κ1) is 30.8. The summed E-state index contributed by atoms with van der Waals surface area (Å²) in [5.41, 5.74) is 2.40. The van der Waals surface area contributed by atoms with Crippen molar-refractivity contribution in [1.82, 2.24) is 4.57 Å². The van der Waals surface area contributed by atoms with Gasteiger partial charge in [-0.2, -0.15) is 0 Å². The molecule has 0 saturated heterocycles. The highest BCUT2D eigenvalue weighted by Crippen LogP contribution is 2.37. The highest BCUT2D eigenvalue weighted by Gasteiger charge is 2.35. The molecule has 11 heteroatoms. The van der Waals surface area contributed by atoms with Crippen molar-refractivity contribution in [3.05, 3.63) is 120 Å². The minimum Gasteiger partial charge on any atom is -0.493 e. The molecule has 0 spiro atoms. The Kier molecular flexibility index (Phi) is 9.62. The van der Waals surface area contributed by atoms with Crippen molar-refractivity contribution in [2.75, 3.05) is 26.9 Å². The number of halogens is 1. The molecule has 0 saturated carbocycles. The monoisotopic (exact) mass is 632 g/mol. The smallest absolute Gasteiger partial charge is 0.344 e. The number of aromatic nitrogens is 1. The second-order valence-electron chi connectivity index (χ2n) is 9.47. The van der Waals surface area contributed by atoms with Crippen molar-refractivity contribution >= 4 is 46.6 Å². The number of methoxy groups -OCH3 is 1. The average Bonchev–Trinajstić information content (AvgIpc) is 3.34. The summed E-state index contributed by atoms with van der Waals surface area (Å²) in [6.07, 6.45) is 1.67. The zero-order chi connectivity index (χ0) is 31.2. The van der Waals surface area contributed by atoms with Gasteiger partial charge in [0.2, 0.25) is 0 Å². The number of rotatable bonds is 10. The van der Waals surface area contributed by atoms with Gasteiger partial charge in [-0.3, -0.25) is 9.36 Å². The van der Waals surface area contributed by atoms with Gasteiger partial charge in [-0.15, -0.1) is 0 Å². The third-order valence-corrected chi connectivity index (χ3v) is 7.94. The maximum absolute atomic E-state index is 14.1. The Morgan fingerprint density at radius 2 is 1.68 bits per heavy atom. The molecule has 0 fully saturated rings. The molecule has 5 rings (SSSR count). The number of hydrogen-bond donors (Lipinski definition) is 0. The third kappa shape index (κ3) is 6.31. The van der Waals surface area contributed by atoms with Crippen LogP contribution >= 0.6 is 22.9 Å². The summed E-state index contributed by atoms with van der Waals surface area (Å²) < 4.78 is 23.3. The first-order valence-electron chi connectivity index (χ1n) is 13.9. The highest BCUT2D eigenvalue weighted by atomic mass is 35.5. The first-order chi connectivity index (χ1) is 21.4. The van der Waals surface area contributed by atoms with Gasteiger partial charge in [-0.25, -0.2) is 14.6 Å². The molecule has 1 aliphatic heterocycles. The van der Waals surface area contributed by atoms with E-state index in [0.29, 0.717) is 20.6 Å². The standard InChI is InChI=1S/C33H29ClN2O7S/c1-4-41-26(37)19-43-30-23(34)16-20(17-24(30)40-3)18-25-31(38)36-29(22-14-10-7-11-15-22)27(32(39)42-5-2)28(35-33(36)44-25)21-12-8-6-9-13-21/h6-18,29H,4-5,19H2,1-3H3/b25-18-/t29-/m0/s1. The lowest BCUT2D eigenvalue weighted by atomic mass is 9.93. The van der Waals surface area contributed by atoms with Crippen LogP contribution in [0.4, 0.5) is 0 Å². The average molecular weight is 633 g/mol. The molecule has 1 aromatic heterocycles. The van der Waals surface area contributed by atoms with E-state index < -0.39 is 18.0 Å². The number of ether oxygens (including phenoxy) is 4. The minimum atomic E-state index is -0.777. The van der Waals surface area contributed by atoms with E-state index in [1.54, 1.807) is 32.1 Å². The molecule has 226 valence electrons. The van der Waals surface area contributed by atoms with Crippen LogP contribution < -0.4 is 24.4 Å². The fraction of sp³-hybridized carbons (Fsp3) is 0.212. The fourth-order valence-corrected chi connectivity index (χ4v) is 6.11. The van der Waals surface area contributed by atoms with Crippen LogP contribution in [0.25, 0.3) is 11.8 Å². The van der Waals surface area contributed by atoms with Gasteiger partial charge in [0, 0.05) is 5.56 Å². The van der Waals surface area contributed by atoms with Gasteiger partial charge < -0.3 is 18.9 Å². The Morgan fingerprint density at radius 1 is 1.00 bits per heavy atom. The molecule has 0 amide bonds. The minimum absolute atomic E-state index is 0.165. The number of benzene rings is 3. The van der Waals surface area contributed by atoms with Crippen molar-refractivity contribution < 1.29 is 28.5 Å². The number of carbonyl (C=O) groups is 2. The fourth-order valence-electron chi connectivity index (χ4n) is 4.84. The maximum atomic E-state index is 14.1. The topological polar surface area (TPSA) is 105 Å². The lowest BCUT2D eigenvalue weighted by Crippen LogP contribution is -2.39. The Hall–Kier alpha value is -4.67. The van der Waals surface area contributed by atoms with Gasteiger partial charge in [0.05, 0.1) is 47.2 Å². The van der Waals surface area contributed by atoms with E-state index in [2.05, 4.69) is 0 Å². The summed E-state index contributed by atoms with van der Waals surface area (Å²) in [4.78, 5) is 44.7. The summed E-state index contributed by atoms with van der Waals surface area (Å²) >= 11 is 7.71. The number of hydrogen-bond acceptors (Lipinski definition) is 9. The van der Waals surface area contributed by atoms with E-state index in [-0.39, 0.29) is 47.5 Å². The second kappa shape index (κ2) is 13.7. The van der Waals surface area contributed by atoms with Crippen molar-refractivity contribution in [1.29, 1.82) is 0 Å². The van der Waals surface area contributed by atoms with Gasteiger partial charge in [0.25, 0.3) is 5.56 Å². The largest absolute Gasteiger partial charge is 0.493 e. The molecule has 0 N–H and O–H groups in total. The zero-order valence-electron chi connectivity index (χ0n) is 24.2. The lowest BCUT2D eigenvalue weighted by Gasteiger charge is -2.25. The maximum Gasteiger partial charge on any atom is 0.344 e. The van der Waals surface area contributed by atoms with Gasteiger partial charge in [0.15, 0.2) is 22.9 Å². The summed E-state index contributed by atoms with van der Waals surface area (Å²) in [6, 6.07) is 21.2. The summed E-state index contributed by atoms with van der Waals surface area (Å²) in [6.45, 7) is 3.49. The molecule has 2 heterocycles. The SMILES string of the molecule is CCOC(=O)COc1c(Cl)cc(/C=c2\sc3n(c2=O)[C@@H](c2ccccc2)C(C(=O)OCC)=C(c2ccccc2)N=3)cc1OC. The van der Waals surface area contributed by atoms with Crippen molar-refractivity contribution in [3.63, 3.8) is 0 Å². The normalized spacial score (nSPS) is 14.5. The molecule has 0 radical (unpaired) electrons. The van der Waals surface area contributed by atoms with E-state index in [1.165, 1.54) is 23.0 Å². The van der Waals surface area contributed by atoms with Crippen LogP contribution in [-0.2, 0) is 19.1 Å². The van der Waals surface area contributed by atoms with Gasteiger partial charge in [0.1, 0.15) is 0 Å². The Balaban J connectivity index is 1.68. The van der Waals surface area contributed by atoms with Crippen LogP contribution in [-0.4, -0.2) is 43.4 Å². The first-order valence-corrected chi connectivity index (χ1v) is 15.0. The number of carbonyl (C=O) groups excluding carboxylic acids is 2. The van der Waals surface area contributed by atoms with E-state index in [0.717, 1.165) is 11.1 Å². The van der Waals surface area contributed by atoms with Crippen molar-refractivity contribution in [2.45, 2.75) is 19.9 Å². The van der Waals surface area contributed by atoms with E-state index in [4.69, 9.17) is 35.5 Å². The molecule has 0 bridgehead atoms. The third-order valence-electron chi connectivity index (χ3n) is 6.68. The predicted molar refractivity (Wildman–Crippen MR) is 168 cm³/mol. The van der Waals surface area contributed by atoms with Crippen LogP contribution in [0.1, 0.15) is 36.6 Å². The highest BCUT2D eigenvalue weighted by molar-refractivity contribution is 7.07. The van der Waals surface area contributed by atoms with Crippen LogP contribution in [0.3, 0.4) is 0 Å². The predicted octanol–water partition coefficient (Wildman–Crippen LogP) is 4.54.